The lowest BCUT2D eigenvalue weighted by molar-refractivity contribution is -0.173. The van der Waals surface area contributed by atoms with Gasteiger partial charge in [0.1, 0.15) is 17.2 Å². The van der Waals surface area contributed by atoms with E-state index in [1.807, 2.05) is 24.3 Å². The van der Waals surface area contributed by atoms with Gasteiger partial charge in [-0.05, 0) is 17.7 Å². The van der Waals surface area contributed by atoms with E-state index < -0.39 is 24.2 Å². The summed E-state index contributed by atoms with van der Waals surface area (Å²) in [6.07, 6.45) is -3.55. The Bertz CT molecular complexity index is 1230. The molecule has 0 fully saturated rings. The summed E-state index contributed by atoms with van der Waals surface area (Å²) in [4.78, 5) is 20.3. The number of imidazole rings is 1. The number of halogens is 3. The van der Waals surface area contributed by atoms with E-state index in [9.17, 15) is 18.0 Å². The molecule has 0 spiro atoms. The average Bonchev–Trinajstić information content (AvgIpc) is 3.40. The molecule has 1 unspecified atom stereocenters. The number of hydrogen-bond donors (Lipinski definition) is 3. The number of alkyl halides is 3. The number of carbonyl (C=O) groups is 1. The molecule has 0 bridgehead atoms. The van der Waals surface area contributed by atoms with Gasteiger partial charge in [0.05, 0.1) is 29.8 Å². The van der Waals surface area contributed by atoms with Crippen molar-refractivity contribution in [1.29, 1.82) is 0 Å². The van der Waals surface area contributed by atoms with Gasteiger partial charge in [-0.2, -0.15) is 18.3 Å². The first-order valence-electron chi connectivity index (χ1n) is 10.1. The number of para-hydroxylation sites is 2. The topological polar surface area (TPSA) is 87.6 Å². The monoisotopic (exact) mass is 440 g/mol. The Hall–Kier alpha value is -3.82. The number of carbonyl (C=O) groups excluding carboxylic acids is 1. The van der Waals surface area contributed by atoms with Gasteiger partial charge in [0, 0.05) is 6.42 Å². The highest BCUT2D eigenvalue weighted by Crippen LogP contribution is 2.44. The van der Waals surface area contributed by atoms with E-state index in [1.165, 1.54) is 6.20 Å². The zero-order valence-electron chi connectivity index (χ0n) is 16.7. The number of nitrogens with one attached hydrogen (secondary N) is 3. The third-order valence-corrected chi connectivity index (χ3v) is 5.54. The first-order valence-corrected chi connectivity index (χ1v) is 10.1. The Morgan fingerprint density at radius 2 is 1.88 bits per heavy atom. The number of amides is 1. The van der Waals surface area contributed by atoms with Gasteiger partial charge in [0.2, 0.25) is 0 Å². The summed E-state index contributed by atoms with van der Waals surface area (Å²) in [6, 6.07) is 13.9. The minimum Gasteiger partial charge on any atom is -0.363 e. The van der Waals surface area contributed by atoms with Gasteiger partial charge in [0.25, 0.3) is 5.91 Å². The van der Waals surface area contributed by atoms with Crippen LogP contribution in [0.5, 0.6) is 0 Å². The largest absolute Gasteiger partial charge is 0.410 e. The lowest BCUT2D eigenvalue weighted by atomic mass is 9.96. The molecule has 3 N–H and O–H groups in total. The molecule has 0 aliphatic carbocycles. The van der Waals surface area contributed by atoms with Gasteiger partial charge in [0.15, 0.2) is 6.04 Å². The second-order valence-corrected chi connectivity index (χ2v) is 7.64. The smallest absolute Gasteiger partial charge is 0.363 e. The second-order valence-electron chi connectivity index (χ2n) is 7.64. The minimum absolute atomic E-state index is 0.0505. The highest BCUT2D eigenvalue weighted by atomic mass is 19.4. The number of rotatable bonds is 4. The molecule has 7 nitrogen and oxygen atoms in total. The van der Waals surface area contributed by atoms with Crippen molar-refractivity contribution in [2.75, 3.05) is 5.32 Å². The first-order chi connectivity index (χ1) is 15.4. The van der Waals surface area contributed by atoms with Crippen LogP contribution in [0.1, 0.15) is 40.3 Å². The van der Waals surface area contributed by atoms with Gasteiger partial charge in [-0.1, -0.05) is 42.5 Å². The lowest BCUT2D eigenvalue weighted by Crippen LogP contribution is -2.36. The van der Waals surface area contributed by atoms with Gasteiger partial charge in [-0.15, -0.1) is 0 Å². The average molecular weight is 440 g/mol. The van der Waals surface area contributed by atoms with Crippen LogP contribution in [0.15, 0.2) is 60.8 Å². The van der Waals surface area contributed by atoms with Crippen LogP contribution in [-0.2, 0) is 6.54 Å². The summed E-state index contributed by atoms with van der Waals surface area (Å²) in [5, 5.41) is 9.69. The third-order valence-electron chi connectivity index (χ3n) is 5.54. The summed E-state index contributed by atoms with van der Waals surface area (Å²) >= 11 is 0. The quantitative estimate of drug-likeness (QED) is 0.440. The lowest BCUT2D eigenvalue weighted by Gasteiger charge is -2.34. The Morgan fingerprint density at radius 1 is 1.12 bits per heavy atom. The number of hydrogen-bond acceptors (Lipinski definition) is 4. The summed E-state index contributed by atoms with van der Waals surface area (Å²) in [6.45, 7) is 0.100. The highest BCUT2D eigenvalue weighted by molar-refractivity contribution is 5.98. The molecule has 1 aliphatic rings. The maximum atomic E-state index is 13.8. The van der Waals surface area contributed by atoms with Crippen LogP contribution in [0.2, 0.25) is 0 Å². The van der Waals surface area contributed by atoms with Gasteiger partial charge in [-0.25, -0.2) is 9.67 Å². The van der Waals surface area contributed by atoms with Crippen LogP contribution in [0.4, 0.5) is 19.0 Å². The van der Waals surface area contributed by atoms with E-state index >= 15 is 0 Å². The standard InChI is InChI=1S/C22H19F3N6O/c23-22(24,25)18-10-17(13-6-2-1-3-7-13)30-20-14(11-27-31(18)20)21(32)26-12-19-28-15-8-4-5-9-16(15)29-19/h1-9,11,17-18,30H,10,12H2,(H,26,32)(H,28,29)/t17?,18-/m0/s1. The number of benzene rings is 2. The van der Waals surface area contributed by atoms with Crippen molar-refractivity contribution in [3.8, 4) is 0 Å². The van der Waals surface area contributed by atoms with Crippen molar-refractivity contribution >= 4 is 22.8 Å². The van der Waals surface area contributed by atoms with Crippen LogP contribution in [0.25, 0.3) is 11.0 Å². The number of fused-ring (bicyclic) bond motifs is 2. The molecule has 1 amide bonds. The zero-order chi connectivity index (χ0) is 22.3. The molecule has 5 rings (SSSR count). The summed E-state index contributed by atoms with van der Waals surface area (Å²) in [5.41, 5.74) is 2.36. The van der Waals surface area contributed by atoms with E-state index in [0.29, 0.717) is 11.4 Å². The SMILES string of the molecule is O=C(NCc1nc2ccccc2[nH]1)c1cnn2c1NC(c1ccccc1)C[C@H]2C(F)(F)F. The number of nitrogens with zero attached hydrogens (tertiary/aromatic N) is 3. The highest BCUT2D eigenvalue weighted by Gasteiger charge is 2.47. The molecule has 4 aromatic rings. The summed E-state index contributed by atoms with van der Waals surface area (Å²) in [5.74, 6) is 0.0623. The van der Waals surface area contributed by atoms with Crippen LogP contribution in [0, 0.1) is 0 Å². The second kappa shape index (κ2) is 7.70. The van der Waals surface area contributed by atoms with Crippen LogP contribution in [-0.4, -0.2) is 31.8 Å². The Kier molecular flexibility index (Phi) is 4.84. The fraction of sp³-hybridized carbons (Fsp3) is 0.227. The first kappa shape index (κ1) is 20.1. The molecule has 32 heavy (non-hydrogen) atoms. The van der Waals surface area contributed by atoms with Crippen molar-refractivity contribution in [2.24, 2.45) is 0 Å². The van der Waals surface area contributed by atoms with E-state index in [0.717, 1.165) is 15.7 Å². The van der Waals surface area contributed by atoms with Crippen molar-refractivity contribution in [3.63, 3.8) is 0 Å². The fourth-order valence-electron chi connectivity index (χ4n) is 3.98. The molecule has 1 aliphatic heterocycles. The third kappa shape index (κ3) is 3.68. The van der Waals surface area contributed by atoms with Crippen LogP contribution < -0.4 is 10.6 Å². The minimum atomic E-state index is -4.50. The van der Waals surface area contributed by atoms with Gasteiger partial charge >= 0.3 is 6.18 Å². The van der Waals surface area contributed by atoms with E-state index in [2.05, 4.69) is 25.7 Å². The molecule has 164 valence electrons. The van der Waals surface area contributed by atoms with Crippen molar-refractivity contribution in [1.82, 2.24) is 25.1 Å². The Labute approximate surface area is 180 Å². The molecule has 2 aromatic heterocycles. The van der Waals surface area contributed by atoms with Crippen molar-refractivity contribution in [2.45, 2.75) is 31.2 Å². The van der Waals surface area contributed by atoms with Crippen molar-refractivity contribution in [3.05, 3.63) is 77.7 Å². The Morgan fingerprint density at radius 3 is 2.62 bits per heavy atom. The molecule has 3 heterocycles. The van der Waals surface area contributed by atoms with E-state index in [4.69, 9.17) is 0 Å². The normalized spacial score (nSPS) is 18.2. The van der Waals surface area contributed by atoms with E-state index in [1.54, 1.807) is 30.3 Å². The number of aromatic nitrogens is 4. The molecular formula is C22H19F3N6O. The molecule has 2 aromatic carbocycles. The molecule has 10 heteroatoms. The molecule has 2 atom stereocenters. The fourth-order valence-corrected chi connectivity index (χ4v) is 3.98. The summed E-state index contributed by atoms with van der Waals surface area (Å²) in [7, 11) is 0. The number of aromatic amines is 1. The molecule has 0 saturated carbocycles. The number of anilines is 1. The maximum Gasteiger partial charge on any atom is 0.410 e. The molecular weight excluding hydrogens is 421 g/mol. The zero-order valence-corrected chi connectivity index (χ0v) is 16.7. The molecule has 0 radical (unpaired) electrons. The van der Waals surface area contributed by atoms with Crippen LogP contribution in [0.3, 0.4) is 0 Å². The predicted molar refractivity (Wildman–Crippen MR) is 112 cm³/mol. The van der Waals surface area contributed by atoms with Gasteiger partial charge < -0.3 is 15.6 Å². The van der Waals surface area contributed by atoms with Gasteiger partial charge in [-0.3, -0.25) is 4.79 Å². The number of H-pyrrole nitrogens is 1. The Balaban J connectivity index is 1.41. The van der Waals surface area contributed by atoms with Crippen molar-refractivity contribution < 1.29 is 18.0 Å². The predicted octanol–water partition coefficient (Wildman–Crippen LogP) is 4.35. The van der Waals surface area contributed by atoms with E-state index in [-0.39, 0.29) is 24.3 Å². The maximum absolute atomic E-state index is 13.8. The van der Waals surface area contributed by atoms with Crippen LogP contribution >= 0.6 is 0 Å². The summed E-state index contributed by atoms with van der Waals surface area (Å²) < 4.78 is 42.2. The molecule has 0 saturated heterocycles.